The van der Waals surface area contributed by atoms with E-state index in [-0.39, 0.29) is 0 Å². The molecule has 0 saturated heterocycles. The van der Waals surface area contributed by atoms with Crippen molar-refractivity contribution in [2.45, 2.75) is 38.1 Å². The monoisotopic (exact) mass is 294 g/mol. The number of hydrogen-bond acceptors (Lipinski definition) is 2. The average Bonchev–Trinajstić information content (AvgIpc) is 3.03. The van der Waals surface area contributed by atoms with Crippen molar-refractivity contribution in [2.75, 3.05) is 0 Å². The van der Waals surface area contributed by atoms with Crippen LogP contribution in [0.3, 0.4) is 0 Å². The number of hydrogen-bond donors (Lipinski definition) is 1. The van der Waals surface area contributed by atoms with E-state index in [1.807, 2.05) is 12.4 Å². The Hall–Kier alpha value is -0.410. The molecule has 3 atom stereocenters. The summed E-state index contributed by atoms with van der Waals surface area (Å²) in [6, 6.07) is 2.47. The molecule has 17 heavy (non-hydrogen) atoms. The van der Waals surface area contributed by atoms with Gasteiger partial charge >= 0.3 is 0 Å². The summed E-state index contributed by atoms with van der Waals surface area (Å²) >= 11 is 3.46. The van der Waals surface area contributed by atoms with Gasteiger partial charge in [-0.05, 0) is 64.6 Å². The van der Waals surface area contributed by atoms with Gasteiger partial charge in [0.1, 0.15) is 0 Å². The van der Waals surface area contributed by atoms with Crippen LogP contribution >= 0.6 is 15.9 Å². The summed E-state index contributed by atoms with van der Waals surface area (Å²) in [5.74, 6) is 2.68. The molecule has 2 fully saturated rings. The highest BCUT2D eigenvalue weighted by Gasteiger charge is 2.52. The molecule has 2 nitrogen and oxygen atoms in total. The number of halogens is 1. The fraction of sp³-hybridized carbons (Fsp3) is 0.643. The molecule has 0 bridgehead atoms. The van der Waals surface area contributed by atoms with Crippen molar-refractivity contribution in [1.82, 2.24) is 4.98 Å². The van der Waals surface area contributed by atoms with E-state index < -0.39 is 0 Å². The van der Waals surface area contributed by atoms with Crippen molar-refractivity contribution >= 4 is 15.9 Å². The van der Waals surface area contributed by atoms with Crippen LogP contribution in [0.4, 0.5) is 0 Å². The third kappa shape index (κ3) is 2.41. The van der Waals surface area contributed by atoms with Crippen LogP contribution < -0.4 is 5.73 Å². The fourth-order valence-electron chi connectivity index (χ4n) is 3.66. The van der Waals surface area contributed by atoms with Crippen LogP contribution in [0.2, 0.25) is 0 Å². The van der Waals surface area contributed by atoms with Gasteiger partial charge in [-0.2, -0.15) is 0 Å². The van der Waals surface area contributed by atoms with Crippen molar-refractivity contribution in [3.63, 3.8) is 0 Å². The van der Waals surface area contributed by atoms with E-state index in [2.05, 4.69) is 27.0 Å². The first-order valence-corrected chi connectivity index (χ1v) is 7.40. The predicted molar refractivity (Wildman–Crippen MR) is 72.6 cm³/mol. The zero-order chi connectivity index (χ0) is 11.8. The second-order valence-corrected chi connectivity index (χ2v) is 6.48. The van der Waals surface area contributed by atoms with E-state index in [4.69, 9.17) is 5.73 Å². The average molecular weight is 295 g/mol. The van der Waals surface area contributed by atoms with Gasteiger partial charge in [-0.15, -0.1) is 0 Å². The van der Waals surface area contributed by atoms with Gasteiger partial charge in [0.25, 0.3) is 0 Å². The van der Waals surface area contributed by atoms with Crippen LogP contribution in [0.15, 0.2) is 22.9 Å². The molecule has 1 heterocycles. The largest absolute Gasteiger partial charge is 0.327 e. The maximum Gasteiger partial charge on any atom is 0.0410 e. The van der Waals surface area contributed by atoms with Gasteiger partial charge in [0.2, 0.25) is 0 Å². The minimum atomic E-state index is 0.333. The molecule has 2 N–H and O–H groups in total. The molecule has 1 aromatic heterocycles. The van der Waals surface area contributed by atoms with E-state index in [0.29, 0.717) is 6.04 Å². The Labute approximate surface area is 111 Å². The first-order chi connectivity index (χ1) is 8.25. The third-order valence-electron chi connectivity index (χ3n) is 4.45. The standard InChI is InChI=1S/C14H19BrN2/c15-10-5-9(7-17-8-10)6-13(16)14-11-3-1-2-4-12(11)14/h5,7-8,11-14H,1-4,6,16H2. The quantitative estimate of drug-likeness (QED) is 0.930. The lowest BCUT2D eigenvalue weighted by atomic mass is 10.0. The molecule has 2 saturated carbocycles. The summed E-state index contributed by atoms with van der Waals surface area (Å²) in [4.78, 5) is 4.21. The molecule has 0 radical (unpaired) electrons. The maximum atomic E-state index is 6.38. The summed E-state index contributed by atoms with van der Waals surface area (Å²) in [6.07, 6.45) is 10.4. The zero-order valence-corrected chi connectivity index (χ0v) is 11.6. The number of rotatable bonds is 3. The van der Waals surface area contributed by atoms with E-state index in [9.17, 15) is 0 Å². The molecule has 3 heteroatoms. The second kappa shape index (κ2) is 4.69. The maximum absolute atomic E-state index is 6.38. The van der Waals surface area contributed by atoms with Crippen LogP contribution in [-0.4, -0.2) is 11.0 Å². The third-order valence-corrected chi connectivity index (χ3v) is 4.88. The fourth-order valence-corrected chi connectivity index (χ4v) is 4.07. The molecular weight excluding hydrogens is 276 g/mol. The molecule has 0 spiro atoms. The van der Waals surface area contributed by atoms with Crippen molar-refractivity contribution in [1.29, 1.82) is 0 Å². The Kier molecular flexibility index (Phi) is 3.22. The van der Waals surface area contributed by atoms with Crippen molar-refractivity contribution < 1.29 is 0 Å². The van der Waals surface area contributed by atoms with Gasteiger partial charge in [0.05, 0.1) is 0 Å². The highest BCUT2D eigenvalue weighted by atomic mass is 79.9. The van der Waals surface area contributed by atoms with Crippen LogP contribution in [0.1, 0.15) is 31.2 Å². The molecule has 0 aliphatic heterocycles. The summed E-state index contributed by atoms with van der Waals surface area (Å²) in [5, 5.41) is 0. The highest BCUT2D eigenvalue weighted by molar-refractivity contribution is 9.10. The van der Waals surface area contributed by atoms with Gasteiger partial charge in [-0.25, -0.2) is 0 Å². The normalized spacial score (nSPS) is 32.9. The van der Waals surface area contributed by atoms with Crippen LogP contribution in [0, 0.1) is 17.8 Å². The number of fused-ring (bicyclic) bond motifs is 1. The Morgan fingerprint density at radius 3 is 2.65 bits per heavy atom. The van der Waals surface area contributed by atoms with Gasteiger partial charge in [0, 0.05) is 22.9 Å². The van der Waals surface area contributed by atoms with Crippen molar-refractivity contribution in [3.8, 4) is 0 Å². The number of aromatic nitrogens is 1. The van der Waals surface area contributed by atoms with E-state index in [1.165, 1.54) is 31.2 Å². The molecule has 1 aromatic rings. The molecule has 0 aromatic carbocycles. The molecule has 92 valence electrons. The zero-order valence-electron chi connectivity index (χ0n) is 9.98. The van der Waals surface area contributed by atoms with Gasteiger partial charge in [-0.1, -0.05) is 12.8 Å². The summed E-state index contributed by atoms with van der Waals surface area (Å²) < 4.78 is 1.05. The lowest BCUT2D eigenvalue weighted by Gasteiger charge is -2.11. The van der Waals surface area contributed by atoms with Crippen LogP contribution in [-0.2, 0) is 6.42 Å². The predicted octanol–water partition coefficient (Wildman–Crippen LogP) is 3.15. The first-order valence-electron chi connectivity index (χ1n) is 6.61. The molecule has 2 aliphatic rings. The van der Waals surface area contributed by atoms with Crippen LogP contribution in [0.25, 0.3) is 0 Å². The summed E-state index contributed by atoms with van der Waals surface area (Å²) in [7, 11) is 0. The number of pyridine rings is 1. The lowest BCUT2D eigenvalue weighted by Crippen LogP contribution is -2.26. The number of nitrogens with zero attached hydrogens (tertiary/aromatic N) is 1. The summed E-state index contributed by atoms with van der Waals surface area (Å²) in [5.41, 5.74) is 7.64. The first kappa shape index (κ1) is 11.7. The SMILES string of the molecule is NC(Cc1cncc(Br)c1)C1C2CCCCC21. The second-order valence-electron chi connectivity index (χ2n) is 5.57. The van der Waals surface area contributed by atoms with E-state index >= 15 is 0 Å². The Morgan fingerprint density at radius 2 is 2.00 bits per heavy atom. The Morgan fingerprint density at radius 1 is 1.29 bits per heavy atom. The molecule has 3 rings (SSSR count). The topological polar surface area (TPSA) is 38.9 Å². The van der Waals surface area contributed by atoms with Crippen molar-refractivity contribution in [3.05, 3.63) is 28.5 Å². The van der Waals surface area contributed by atoms with Crippen molar-refractivity contribution in [2.24, 2.45) is 23.5 Å². The highest BCUT2D eigenvalue weighted by Crippen LogP contribution is 2.56. The molecular formula is C14H19BrN2. The molecule has 2 aliphatic carbocycles. The Balaban J connectivity index is 1.62. The van der Waals surface area contributed by atoms with E-state index in [1.54, 1.807) is 0 Å². The minimum Gasteiger partial charge on any atom is -0.327 e. The van der Waals surface area contributed by atoms with E-state index in [0.717, 1.165) is 28.6 Å². The van der Waals surface area contributed by atoms with Gasteiger partial charge < -0.3 is 5.73 Å². The minimum absolute atomic E-state index is 0.333. The van der Waals surface area contributed by atoms with Crippen LogP contribution in [0.5, 0.6) is 0 Å². The lowest BCUT2D eigenvalue weighted by molar-refractivity contribution is 0.480. The number of nitrogens with two attached hydrogens (primary N) is 1. The summed E-state index contributed by atoms with van der Waals surface area (Å²) in [6.45, 7) is 0. The molecule has 3 unspecified atom stereocenters. The molecule has 0 amide bonds. The Bertz CT molecular complexity index is 395. The smallest absolute Gasteiger partial charge is 0.0410 e. The van der Waals surface area contributed by atoms with Gasteiger partial charge in [0.15, 0.2) is 0 Å². The van der Waals surface area contributed by atoms with Gasteiger partial charge in [-0.3, -0.25) is 4.98 Å².